The highest BCUT2D eigenvalue weighted by Gasteiger charge is 2.16. The van der Waals surface area contributed by atoms with Crippen molar-refractivity contribution in [1.82, 2.24) is 4.90 Å². The topological polar surface area (TPSA) is 53.1 Å². The summed E-state index contributed by atoms with van der Waals surface area (Å²) >= 11 is 0. The number of nitrogens with zero attached hydrogens (tertiary/aromatic N) is 1. The van der Waals surface area contributed by atoms with E-state index in [4.69, 9.17) is 11.1 Å². The molecule has 0 aromatic rings. The second-order valence-electron chi connectivity index (χ2n) is 4.53. The lowest BCUT2D eigenvalue weighted by atomic mass is 10.1. The summed E-state index contributed by atoms with van der Waals surface area (Å²) in [6.07, 6.45) is 6.78. The summed E-state index contributed by atoms with van der Waals surface area (Å²) in [5, 5.41) is 7.43. The number of nitrogens with one attached hydrogen (secondary N) is 1. The van der Waals surface area contributed by atoms with Crippen molar-refractivity contribution in [2.24, 2.45) is 5.73 Å². The van der Waals surface area contributed by atoms with Crippen LogP contribution >= 0.6 is 0 Å². The van der Waals surface area contributed by atoms with Crippen LogP contribution < -0.4 is 5.73 Å². The molecule has 0 aromatic heterocycles. The summed E-state index contributed by atoms with van der Waals surface area (Å²) in [5.74, 6) is 0.324. The number of unbranched alkanes of at least 4 members (excludes halogenated alkanes) is 2. The third kappa shape index (κ3) is 6.83. The van der Waals surface area contributed by atoms with E-state index in [0.29, 0.717) is 11.9 Å². The highest BCUT2D eigenvalue weighted by Crippen LogP contribution is 2.11. The summed E-state index contributed by atoms with van der Waals surface area (Å²) in [6.45, 7) is 8.96. The van der Waals surface area contributed by atoms with Gasteiger partial charge in [-0.15, -0.1) is 0 Å². The van der Waals surface area contributed by atoms with Gasteiger partial charge in [-0.3, -0.25) is 10.3 Å². The molecule has 3 heteroatoms. The Labute approximate surface area is 101 Å². The molecule has 16 heavy (non-hydrogen) atoms. The molecule has 0 amide bonds. The Kier molecular flexibility index (Phi) is 9.30. The van der Waals surface area contributed by atoms with Gasteiger partial charge in [0.25, 0.3) is 0 Å². The number of rotatable bonds is 10. The maximum absolute atomic E-state index is 7.43. The second-order valence-corrected chi connectivity index (χ2v) is 4.53. The van der Waals surface area contributed by atoms with E-state index in [1.165, 1.54) is 25.7 Å². The van der Waals surface area contributed by atoms with Crippen LogP contribution in [0.25, 0.3) is 0 Å². The van der Waals surface area contributed by atoms with Gasteiger partial charge in [0.2, 0.25) is 0 Å². The van der Waals surface area contributed by atoms with E-state index < -0.39 is 0 Å². The van der Waals surface area contributed by atoms with Crippen LogP contribution in [0, 0.1) is 5.41 Å². The van der Waals surface area contributed by atoms with Crippen LogP contribution in [0.15, 0.2) is 0 Å². The van der Waals surface area contributed by atoms with Crippen molar-refractivity contribution < 1.29 is 0 Å². The molecule has 0 rings (SSSR count). The molecule has 0 spiro atoms. The first-order valence-electron chi connectivity index (χ1n) is 6.72. The van der Waals surface area contributed by atoms with Gasteiger partial charge >= 0.3 is 0 Å². The summed E-state index contributed by atoms with van der Waals surface area (Å²) in [6, 6.07) is 0.468. The van der Waals surface area contributed by atoms with Crippen molar-refractivity contribution in [3.8, 4) is 0 Å². The largest absolute Gasteiger partial charge is 0.388 e. The molecule has 0 aliphatic heterocycles. The molecule has 0 aliphatic rings. The van der Waals surface area contributed by atoms with E-state index in [2.05, 4.69) is 25.7 Å². The maximum atomic E-state index is 7.43. The van der Waals surface area contributed by atoms with E-state index >= 15 is 0 Å². The van der Waals surface area contributed by atoms with Crippen LogP contribution in [-0.4, -0.2) is 29.9 Å². The minimum Gasteiger partial charge on any atom is -0.388 e. The Bertz CT molecular complexity index is 172. The normalized spacial score (nSPS) is 13.0. The molecule has 3 N–H and O–H groups in total. The fraction of sp³-hybridized carbons (Fsp3) is 0.923. The number of nitrogens with two attached hydrogens (primary N) is 1. The molecule has 3 nitrogen and oxygen atoms in total. The number of amidine groups is 1. The first-order valence-corrected chi connectivity index (χ1v) is 6.72. The van der Waals surface area contributed by atoms with Gasteiger partial charge in [-0.05, 0) is 32.4 Å². The molecule has 1 unspecified atom stereocenters. The van der Waals surface area contributed by atoms with Crippen LogP contribution in [0.3, 0.4) is 0 Å². The predicted octanol–water partition coefficient (Wildman–Crippen LogP) is 2.99. The van der Waals surface area contributed by atoms with Crippen molar-refractivity contribution in [3.63, 3.8) is 0 Å². The number of hydrogen-bond donors (Lipinski definition) is 2. The molecule has 0 bridgehead atoms. The Morgan fingerprint density at radius 2 is 1.62 bits per heavy atom. The van der Waals surface area contributed by atoms with Gasteiger partial charge in [-0.25, -0.2) is 0 Å². The average Bonchev–Trinajstić information content (AvgIpc) is 2.26. The zero-order valence-electron chi connectivity index (χ0n) is 11.3. The first-order chi connectivity index (χ1) is 7.65. The van der Waals surface area contributed by atoms with E-state index in [1.54, 1.807) is 0 Å². The van der Waals surface area contributed by atoms with Crippen LogP contribution in [0.1, 0.15) is 59.3 Å². The molecule has 0 aliphatic carbocycles. The highest BCUT2D eigenvalue weighted by molar-refractivity contribution is 5.77. The SMILES string of the molecule is CCCCN(CCCC)C(CC)CC(=N)N. The van der Waals surface area contributed by atoms with E-state index in [9.17, 15) is 0 Å². The van der Waals surface area contributed by atoms with Gasteiger partial charge in [0.15, 0.2) is 0 Å². The van der Waals surface area contributed by atoms with Crippen LogP contribution in [0.5, 0.6) is 0 Å². The van der Waals surface area contributed by atoms with Crippen LogP contribution in [0.4, 0.5) is 0 Å². The second kappa shape index (κ2) is 9.64. The minimum absolute atomic E-state index is 0.324. The molecule has 1 atom stereocenters. The van der Waals surface area contributed by atoms with Crippen molar-refractivity contribution in [2.45, 2.75) is 65.3 Å². The summed E-state index contributed by atoms with van der Waals surface area (Å²) < 4.78 is 0. The van der Waals surface area contributed by atoms with Gasteiger partial charge < -0.3 is 5.73 Å². The molecule has 0 heterocycles. The van der Waals surface area contributed by atoms with Gasteiger partial charge in [0.1, 0.15) is 0 Å². The van der Waals surface area contributed by atoms with Crippen molar-refractivity contribution in [3.05, 3.63) is 0 Å². The van der Waals surface area contributed by atoms with Crippen LogP contribution in [-0.2, 0) is 0 Å². The van der Waals surface area contributed by atoms with Crippen molar-refractivity contribution in [2.75, 3.05) is 13.1 Å². The highest BCUT2D eigenvalue weighted by atomic mass is 15.1. The van der Waals surface area contributed by atoms with Gasteiger partial charge in [0.05, 0.1) is 5.84 Å². The van der Waals surface area contributed by atoms with Crippen molar-refractivity contribution in [1.29, 1.82) is 5.41 Å². The summed E-state index contributed by atoms with van der Waals surface area (Å²) in [7, 11) is 0. The number of hydrogen-bond acceptors (Lipinski definition) is 2. The third-order valence-electron chi connectivity index (χ3n) is 3.04. The summed E-state index contributed by atoms with van der Waals surface area (Å²) in [5.41, 5.74) is 5.52. The smallest absolute Gasteiger partial charge is 0.0921 e. The molecular formula is C13H29N3. The Morgan fingerprint density at radius 1 is 1.12 bits per heavy atom. The van der Waals surface area contributed by atoms with E-state index in [1.807, 2.05) is 0 Å². The molecular weight excluding hydrogens is 198 g/mol. The Morgan fingerprint density at radius 3 is 1.94 bits per heavy atom. The quantitative estimate of drug-likeness (QED) is 0.445. The van der Waals surface area contributed by atoms with Crippen LogP contribution in [0.2, 0.25) is 0 Å². The van der Waals surface area contributed by atoms with E-state index in [-0.39, 0.29) is 0 Å². The monoisotopic (exact) mass is 227 g/mol. The average molecular weight is 227 g/mol. The lowest BCUT2D eigenvalue weighted by Gasteiger charge is -2.30. The lowest BCUT2D eigenvalue weighted by Crippen LogP contribution is -2.39. The van der Waals surface area contributed by atoms with Gasteiger partial charge in [0, 0.05) is 12.5 Å². The molecule has 0 saturated carbocycles. The summed E-state index contributed by atoms with van der Waals surface area (Å²) in [4.78, 5) is 2.52. The first kappa shape index (κ1) is 15.4. The van der Waals surface area contributed by atoms with Gasteiger partial charge in [-0.2, -0.15) is 0 Å². The maximum Gasteiger partial charge on any atom is 0.0921 e. The molecule has 0 fully saturated rings. The molecule has 0 aromatic carbocycles. The van der Waals surface area contributed by atoms with Gasteiger partial charge in [-0.1, -0.05) is 33.6 Å². The molecule has 0 saturated heterocycles. The molecule has 96 valence electrons. The molecule has 0 radical (unpaired) electrons. The fourth-order valence-corrected chi connectivity index (χ4v) is 1.98. The van der Waals surface area contributed by atoms with E-state index in [0.717, 1.165) is 25.9 Å². The zero-order chi connectivity index (χ0) is 12.4. The third-order valence-corrected chi connectivity index (χ3v) is 3.04. The standard InChI is InChI=1S/C13H29N3/c1-4-7-9-16(10-8-5-2)12(6-3)11-13(14)15/h12H,4-11H2,1-3H3,(H3,14,15). The Hall–Kier alpha value is -0.570. The zero-order valence-corrected chi connectivity index (χ0v) is 11.3. The lowest BCUT2D eigenvalue weighted by molar-refractivity contribution is 0.189. The van der Waals surface area contributed by atoms with Crippen molar-refractivity contribution >= 4 is 5.84 Å². The Balaban J connectivity index is 4.23. The minimum atomic E-state index is 0.324. The fourth-order valence-electron chi connectivity index (χ4n) is 1.98. The predicted molar refractivity (Wildman–Crippen MR) is 72.0 cm³/mol.